The maximum atomic E-state index is 13.4. The molecule has 2 aliphatic carbocycles. The number of hydrogen-bond acceptors (Lipinski definition) is 8. The largest absolute Gasteiger partial charge is 0.508 e. The van der Waals surface area contributed by atoms with Gasteiger partial charge in [0, 0.05) is 87.2 Å². The molecule has 12 nitrogen and oxygen atoms in total. The molecule has 2 heterocycles. The minimum atomic E-state index is -1.42. The lowest BCUT2D eigenvalue weighted by Gasteiger charge is -2.20. The van der Waals surface area contributed by atoms with Crippen LogP contribution in [-0.2, 0) is 0 Å². The molecule has 0 bridgehead atoms. The Morgan fingerprint density at radius 2 is 1.33 bits per heavy atom. The number of nitrogens with one attached hydrogen (secondary N) is 2. The van der Waals surface area contributed by atoms with Gasteiger partial charge in [-0.15, -0.1) is 0 Å². The first-order valence-corrected chi connectivity index (χ1v) is 18.1. The third-order valence-corrected chi connectivity index (χ3v) is 10.2. The molecule has 0 fully saturated rings. The van der Waals surface area contributed by atoms with Crippen molar-refractivity contribution in [3.05, 3.63) is 145 Å². The number of carboxylic acids is 1. The number of amides is 2. The Kier molecular flexibility index (Phi) is 9.36. The summed E-state index contributed by atoms with van der Waals surface area (Å²) in [6.45, 7) is -0.00506. The molecule has 282 valence electrons. The van der Waals surface area contributed by atoms with Crippen LogP contribution in [0.3, 0.4) is 0 Å². The van der Waals surface area contributed by atoms with Gasteiger partial charge in [0.25, 0.3) is 11.8 Å². The lowest BCUT2D eigenvalue weighted by Crippen LogP contribution is -2.44. The van der Waals surface area contributed by atoms with Crippen molar-refractivity contribution in [3.8, 4) is 50.7 Å². The summed E-state index contributed by atoms with van der Waals surface area (Å²) in [5.74, 6) is -1.83. The number of phenols is 1. The number of phenolic OH excluding ortho intramolecular Hbond substituents is 1. The summed E-state index contributed by atoms with van der Waals surface area (Å²) in [6, 6.07) is 27.2. The third kappa shape index (κ3) is 6.77. The predicted molar refractivity (Wildman–Crippen MR) is 216 cm³/mol. The van der Waals surface area contributed by atoms with E-state index in [4.69, 9.17) is 43.2 Å². The van der Waals surface area contributed by atoms with Gasteiger partial charge >= 0.3 is 5.97 Å². The zero-order chi connectivity index (χ0) is 40.1. The smallest absolute Gasteiger partial charge is 0.337 e. The summed E-state index contributed by atoms with van der Waals surface area (Å²) in [5, 5.41) is 33.1. The van der Waals surface area contributed by atoms with E-state index in [0.717, 1.165) is 11.1 Å². The standard InChI is InChI=1S/C43H28Cl2N4O8/c44-31-19-30(40(45)39(43(54)55)38(31)37-28-9-5-22(46)15-32(28)56-33-16-23(47)6-10-29(33)37)42(53)49-14-13-48-41(52)21-3-1-20(2-4-21)36-26-11-7-24(50)17-34(26)57-35-18-25(51)8-12-27(35)36/h1-12,15-19,46,50H,13-14,47H2,(H,48,52)(H,49,53)(H,54,55)/p+1. The van der Waals surface area contributed by atoms with Crippen LogP contribution in [0, 0.1) is 0 Å². The molecule has 0 saturated heterocycles. The number of carboxylic acid groups (broad SMARTS) is 1. The molecule has 14 heteroatoms. The van der Waals surface area contributed by atoms with Gasteiger partial charge in [0.05, 0.1) is 27.2 Å². The number of aromatic carboxylic acids is 1. The van der Waals surface area contributed by atoms with E-state index in [2.05, 4.69) is 10.6 Å². The van der Waals surface area contributed by atoms with E-state index in [1.165, 1.54) is 30.3 Å². The molecular formula is C43H29Cl2N4O8+. The lowest BCUT2D eigenvalue weighted by atomic mass is 9.89. The quantitative estimate of drug-likeness (QED) is 0.0587. The molecular weight excluding hydrogens is 771 g/mol. The Bertz CT molecular complexity index is 3030. The molecule has 57 heavy (non-hydrogen) atoms. The molecule has 0 saturated carbocycles. The number of hydrogen-bond donors (Lipinski definition) is 6. The molecule has 8 N–H and O–H groups in total. The van der Waals surface area contributed by atoms with Crippen molar-refractivity contribution in [1.82, 2.24) is 10.6 Å². The first-order valence-electron chi connectivity index (χ1n) is 17.3. The summed E-state index contributed by atoms with van der Waals surface area (Å²) in [4.78, 5) is 51.4. The molecule has 0 atom stereocenters. The van der Waals surface area contributed by atoms with E-state index >= 15 is 0 Å². The minimum Gasteiger partial charge on any atom is -0.508 e. The minimum absolute atomic E-state index is 0.00805. The van der Waals surface area contributed by atoms with Crippen LogP contribution in [0.1, 0.15) is 31.1 Å². The summed E-state index contributed by atoms with van der Waals surface area (Å²) in [6.07, 6.45) is 0. The highest BCUT2D eigenvalue weighted by Crippen LogP contribution is 2.47. The van der Waals surface area contributed by atoms with Crippen molar-refractivity contribution in [2.45, 2.75) is 0 Å². The van der Waals surface area contributed by atoms with Gasteiger partial charge < -0.3 is 35.4 Å². The molecule has 8 rings (SSSR count). The number of nitrogens with two attached hydrogens (primary N) is 2. The van der Waals surface area contributed by atoms with Crippen LogP contribution in [0.5, 0.6) is 5.75 Å². The summed E-state index contributed by atoms with van der Waals surface area (Å²) in [7, 11) is 0. The van der Waals surface area contributed by atoms with Crippen molar-refractivity contribution in [2.24, 2.45) is 0 Å². The highest BCUT2D eigenvalue weighted by molar-refractivity contribution is 6.41. The third-order valence-electron chi connectivity index (χ3n) is 9.50. The molecule has 2 aliphatic heterocycles. The monoisotopic (exact) mass is 799 g/mol. The maximum absolute atomic E-state index is 13.4. The summed E-state index contributed by atoms with van der Waals surface area (Å²) >= 11 is 13.5. The van der Waals surface area contributed by atoms with Crippen molar-refractivity contribution in [1.29, 1.82) is 0 Å². The van der Waals surface area contributed by atoms with E-state index in [1.54, 1.807) is 72.8 Å². The molecule has 0 aromatic heterocycles. The van der Waals surface area contributed by atoms with Crippen molar-refractivity contribution < 1.29 is 38.8 Å². The number of carbonyl (C=O) groups is 3. The average molecular weight is 801 g/mol. The first kappa shape index (κ1) is 36.8. The Hall–Kier alpha value is -7.15. The number of carbonyl (C=O) groups excluding carboxylic acids is 2. The van der Waals surface area contributed by atoms with Crippen molar-refractivity contribution in [2.75, 3.05) is 18.8 Å². The van der Waals surface area contributed by atoms with Gasteiger partial charge in [0.1, 0.15) is 28.4 Å². The van der Waals surface area contributed by atoms with Crippen LogP contribution in [0.4, 0.5) is 5.69 Å². The van der Waals surface area contributed by atoms with Crippen LogP contribution in [-0.4, -0.2) is 41.1 Å². The van der Waals surface area contributed by atoms with Gasteiger partial charge in [-0.2, -0.15) is 0 Å². The second-order valence-corrected chi connectivity index (χ2v) is 14.0. The first-order chi connectivity index (χ1) is 27.4. The molecule has 4 aliphatic rings. The number of aromatic hydroxyl groups is 1. The van der Waals surface area contributed by atoms with Crippen LogP contribution in [0.25, 0.3) is 66.8 Å². The average Bonchev–Trinajstić information content (AvgIpc) is 3.18. The Labute approximate surface area is 331 Å². The fourth-order valence-electron chi connectivity index (χ4n) is 6.94. The number of anilines is 1. The van der Waals surface area contributed by atoms with Gasteiger partial charge in [-0.1, -0.05) is 35.3 Å². The lowest BCUT2D eigenvalue weighted by molar-refractivity contribution is -0.172. The summed E-state index contributed by atoms with van der Waals surface area (Å²) < 4.78 is 12.0. The van der Waals surface area contributed by atoms with Gasteiger partial charge in [-0.25, -0.2) is 4.79 Å². The van der Waals surface area contributed by atoms with Crippen LogP contribution in [0.15, 0.2) is 117 Å². The fourth-order valence-corrected chi connectivity index (χ4v) is 7.55. The Balaban J connectivity index is 1.01. The SMILES string of the molecule is Nc1ccc2c(-c3c(Cl)cc(C(=O)NCCNC(=O)c4ccc(-c5c6ccc(=O)cc-6oc6cc(O)ccc56)cc4)c(Cl)c3C(=O)O)c3ccc(=[NH2+])cc-3oc2c1. The van der Waals surface area contributed by atoms with E-state index in [-0.39, 0.29) is 45.4 Å². The molecule has 0 spiro atoms. The Morgan fingerprint density at radius 3 is 2.07 bits per heavy atom. The van der Waals surface area contributed by atoms with Crippen LogP contribution < -0.4 is 32.6 Å². The van der Waals surface area contributed by atoms with Crippen molar-refractivity contribution in [3.63, 3.8) is 0 Å². The van der Waals surface area contributed by atoms with Crippen LogP contribution in [0.2, 0.25) is 10.0 Å². The summed E-state index contributed by atoms with van der Waals surface area (Å²) in [5.41, 5.74) is 9.88. The molecule has 0 radical (unpaired) electrons. The van der Waals surface area contributed by atoms with Gasteiger partial charge in [0.15, 0.2) is 10.8 Å². The molecule has 0 unspecified atom stereocenters. The number of nitrogen functional groups attached to an aromatic ring is 1. The topological polar surface area (TPSA) is 211 Å². The van der Waals surface area contributed by atoms with E-state index in [1.807, 2.05) is 0 Å². The van der Waals surface area contributed by atoms with Gasteiger partial charge in [-0.3, -0.25) is 19.8 Å². The van der Waals surface area contributed by atoms with E-state index in [9.17, 15) is 29.4 Å². The van der Waals surface area contributed by atoms with Gasteiger partial charge in [-0.05, 0) is 66.2 Å². The highest BCUT2D eigenvalue weighted by atomic mass is 35.5. The highest BCUT2D eigenvalue weighted by Gasteiger charge is 2.29. The molecule has 4 aromatic carbocycles. The number of benzene rings is 6. The second kappa shape index (κ2) is 14.5. The fraction of sp³-hybridized carbons (Fsp3) is 0.0465. The zero-order valence-corrected chi connectivity index (χ0v) is 31.0. The van der Waals surface area contributed by atoms with Gasteiger partial charge in [0.2, 0.25) is 0 Å². The molecule has 2 amide bonds. The zero-order valence-electron chi connectivity index (χ0n) is 29.5. The predicted octanol–water partition coefficient (Wildman–Crippen LogP) is 6.20. The second-order valence-electron chi connectivity index (χ2n) is 13.2. The van der Waals surface area contributed by atoms with E-state index in [0.29, 0.717) is 66.8 Å². The number of halogens is 2. The number of fused-ring (bicyclic) bond motifs is 4. The normalized spacial score (nSPS) is 11.3. The number of rotatable bonds is 8. The Morgan fingerprint density at radius 1 is 0.702 bits per heavy atom. The van der Waals surface area contributed by atoms with Crippen molar-refractivity contribution >= 4 is 68.6 Å². The van der Waals surface area contributed by atoms with Crippen LogP contribution >= 0.6 is 23.2 Å². The van der Waals surface area contributed by atoms with E-state index < -0.39 is 23.3 Å². The maximum Gasteiger partial charge on any atom is 0.337 e. The molecule has 4 aromatic rings.